The van der Waals surface area contributed by atoms with E-state index in [1.54, 1.807) is 0 Å². The molecule has 1 aromatic rings. The zero-order chi connectivity index (χ0) is 12.4. The highest BCUT2D eigenvalue weighted by Crippen LogP contribution is 2.24. The van der Waals surface area contributed by atoms with E-state index in [0.717, 1.165) is 43.5 Å². The third kappa shape index (κ3) is 2.20. The van der Waals surface area contributed by atoms with Gasteiger partial charge in [0.1, 0.15) is 0 Å². The van der Waals surface area contributed by atoms with Crippen molar-refractivity contribution in [2.75, 3.05) is 25.0 Å². The van der Waals surface area contributed by atoms with Crippen molar-refractivity contribution >= 4 is 11.6 Å². The minimum absolute atomic E-state index is 0.0110. The van der Waals surface area contributed by atoms with Crippen LogP contribution in [0.1, 0.15) is 35.2 Å². The van der Waals surface area contributed by atoms with Gasteiger partial charge < -0.3 is 5.32 Å². The lowest BCUT2D eigenvalue weighted by molar-refractivity contribution is -0.144. The van der Waals surface area contributed by atoms with Crippen LogP contribution in [0.3, 0.4) is 0 Å². The second-order valence-electron chi connectivity index (χ2n) is 4.85. The van der Waals surface area contributed by atoms with E-state index in [0.29, 0.717) is 13.2 Å². The molecule has 1 saturated heterocycles. The Morgan fingerprint density at radius 1 is 1.28 bits per heavy atom. The molecule has 1 amide bonds. The molecule has 0 unspecified atom stereocenters. The van der Waals surface area contributed by atoms with E-state index in [1.807, 2.05) is 18.2 Å². The van der Waals surface area contributed by atoms with Crippen LogP contribution in [0.4, 0.5) is 5.69 Å². The number of anilines is 1. The maximum Gasteiger partial charge on any atom is 0.277 e. The number of benzene rings is 1. The van der Waals surface area contributed by atoms with Gasteiger partial charge in [-0.25, -0.2) is 5.06 Å². The quantitative estimate of drug-likeness (QED) is 0.826. The molecule has 1 N–H and O–H groups in total. The van der Waals surface area contributed by atoms with Gasteiger partial charge in [-0.3, -0.25) is 9.63 Å². The van der Waals surface area contributed by atoms with E-state index in [1.165, 1.54) is 10.6 Å². The predicted molar refractivity (Wildman–Crippen MR) is 69.5 cm³/mol. The van der Waals surface area contributed by atoms with Crippen LogP contribution in [0.15, 0.2) is 18.2 Å². The van der Waals surface area contributed by atoms with Crippen LogP contribution in [0.2, 0.25) is 0 Å². The molecular formula is C14H18N2O2. The highest BCUT2D eigenvalue weighted by Gasteiger charge is 2.20. The minimum Gasteiger partial charge on any atom is -0.385 e. The van der Waals surface area contributed by atoms with Crippen molar-refractivity contribution < 1.29 is 9.63 Å². The van der Waals surface area contributed by atoms with Gasteiger partial charge in [-0.05, 0) is 49.4 Å². The van der Waals surface area contributed by atoms with Crippen molar-refractivity contribution in [1.29, 1.82) is 0 Å². The zero-order valence-corrected chi connectivity index (χ0v) is 10.4. The maximum atomic E-state index is 12.3. The van der Waals surface area contributed by atoms with Gasteiger partial charge in [0.25, 0.3) is 5.91 Å². The fourth-order valence-corrected chi connectivity index (χ4v) is 2.51. The smallest absolute Gasteiger partial charge is 0.277 e. The van der Waals surface area contributed by atoms with Crippen LogP contribution in [0.5, 0.6) is 0 Å². The molecule has 0 aromatic heterocycles. The molecule has 1 aromatic carbocycles. The van der Waals surface area contributed by atoms with Gasteiger partial charge in [0.05, 0.1) is 6.61 Å². The van der Waals surface area contributed by atoms with Crippen molar-refractivity contribution in [3.05, 3.63) is 29.3 Å². The fourth-order valence-electron chi connectivity index (χ4n) is 2.51. The van der Waals surface area contributed by atoms with Crippen LogP contribution in [-0.2, 0) is 11.3 Å². The van der Waals surface area contributed by atoms with E-state index in [4.69, 9.17) is 4.84 Å². The van der Waals surface area contributed by atoms with Gasteiger partial charge in [0, 0.05) is 24.3 Å². The molecule has 2 heterocycles. The largest absolute Gasteiger partial charge is 0.385 e. The van der Waals surface area contributed by atoms with Gasteiger partial charge in [0.15, 0.2) is 0 Å². The summed E-state index contributed by atoms with van der Waals surface area (Å²) in [6, 6.07) is 5.89. The standard InChI is InChI=1S/C14H18N2O2/c17-14(16-8-1-2-9-18-16)12-5-6-13-11(10-12)4-3-7-15-13/h5-6,10,15H,1-4,7-9H2. The van der Waals surface area contributed by atoms with E-state index in [9.17, 15) is 4.79 Å². The van der Waals surface area contributed by atoms with Crippen molar-refractivity contribution in [3.8, 4) is 0 Å². The first-order valence-corrected chi connectivity index (χ1v) is 6.66. The van der Waals surface area contributed by atoms with Gasteiger partial charge in [-0.2, -0.15) is 0 Å². The molecule has 4 nitrogen and oxygen atoms in total. The summed E-state index contributed by atoms with van der Waals surface area (Å²) >= 11 is 0. The van der Waals surface area contributed by atoms with Crippen molar-refractivity contribution in [1.82, 2.24) is 5.06 Å². The number of carbonyl (C=O) groups excluding carboxylic acids is 1. The van der Waals surface area contributed by atoms with Crippen LogP contribution >= 0.6 is 0 Å². The fraction of sp³-hybridized carbons (Fsp3) is 0.500. The molecular weight excluding hydrogens is 228 g/mol. The summed E-state index contributed by atoms with van der Waals surface area (Å²) in [6.07, 6.45) is 4.24. The summed E-state index contributed by atoms with van der Waals surface area (Å²) in [6.45, 7) is 2.38. The van der Waals surface area contributed by atoms with E-state index in [2.05, 4.69) is 5.32 Å². The molecule has 96 valence electrons. The third-order valence-corrected chi connectivity index (χ3v) is 3.52. The first-order chi connectivity index (χ1) is 8.84. The first kappa shape index (κ1) is 11.5. The van der Waals surface area contributed by atoms with Crippen molar-refractivity contribution in [2.45, 2.75) is 25.7 Å². The predicted octanol–water partition coefficient (Wildman–Crippen LogP) is 2.21. The molecule has 2 aliphatic rings. The normalized spacial score (nSPS) is 19.0. The van der Waals surface area contributed by atoms with Gasteiger partial charge in [-0.15, -0.1) is 0 Å². The summed E-state index contributed by atoms with van der Waals surface area (Å²) < 4.78 is 0. The Morgan fingerprint density at radius 3 is 3.06 bits per heavy atom. The van der Waals surface area contributed by atoms with E-state index < -0.39 is 0 Å². The number of fused-ring (bicyclic) bond motifs is 1. The van der Waals surface area contributed by atoms with Gasteiger partial charge >= 0.3 is 0 Å². The number of carbonyl (C=O) groups is 1. The molecule has 0 spiro atoms. The number of amides is 1. The average Bonchev–Trinajstić information content (AvgIpc) is 2.47. The van der Waals surface area contributed by atoms with E-state index >= 15 is 0 Å². The van der Waals surface area contributed by atoms with Crippen LogP contribution < -0.4 is 5.32 Å². The SMILES string of the molecule is O=C(c1ccc2c(c1)CCCN2)N1CCCCO1. The molecule has 0 aliphatic carbocycles. The second-order valence-corrected chi connectivity index (χ2v) is 4.85. The first-order valence-electron chi connectivity index (χ1n) is 6.66. The molecule has 0 saturated carbocycles. The topological polar surface area (TPSA) is 41.6 Å². The monoisotopic (exact) mass is 246 g/mol. The molecule has 0 atom stereocenters. The lowest BCUT2D eigenvalue weighted by Crippen LogP contribution is -2.35. The highest BCUT2D eigenvalue weighted by atomic mass is 16.7. The Morgan fingerprint density at radius 2 is 2.22 bits per heavy atom. The van der Waals surface area contributed by atoms with Crippen molar-refractivity contribution in [3.63, 3.8) is 0 Å². The number of nitrogens with one attached hydrogen (secondary N) is 1. The Bertz CT molecular complexity index is 453. The van der Waals surface area contributed by atoms with Crippen LogP contribution in [-0.4, -0.2) is 30.7 Å². The third-order valence-electron chi connectivity index (χ3n) is 3.52. The number of hydrogen-bond donors (Lipinski definition) is 1. The Labute approximate surface area is 107 Å². The Balaban J connectivity index is 1.80. The number of rotatable bonds is 1. The number of hydrogen-bond acceptors (Lipinski definition) is 3. The molecule has 3 rings (SSSR count). The number of aryl methyl sites for hydroxylation is 1. The van der Waals surface area contributed by atoms with Crippen molar-refractivity contribution in [2.24, 2.45) is 0 Å². The zero-order valence-electron chi connectivity index (χ0n) is 10.4. The minimum atomic E-state index is -0.0110. The highest BCUT2D eigenvalue weighted by molar-refractivity contribution is 5.94. The molecule has 0 bridgehead atoms. The van der Waals surface area contributed by atoms with Gasteiger partial charge in [0.2, 0.25) is 0 Å². The molecule has 4 heteroatoms. The second kappa shape index (κ2) is 4.98. The molecule has 2 aliphatic heterocycles. The maximum absolute atomic E-state index is 12.3. The van der Waals surface area contributed by atoms with Crippen LogP contribution in [0.25, 0.3) is 0 Å². The van der Waals surface area contributed by atoms with Crippen LogP contribution in [0, 0.1) is 0 Å². The summed E-state index contributed by atoms with van der Waals surface area (Å²) in [5.74, 6) is -0.0110. The summed E-state index contributed by atoms with van der Waals surface area (Å²) in [7, 11) is 0. The Kier molecular flexibility index (Phi) is 3.19. The average molecular weight is 246 g/mol. The van der Waals surface area contributed by atoms with Gasteiger partial charge in [-0.1, -0.05) is 0 Å². The molecule has 0 radical (unpaired) electrons. The molecule has 18 heavy (non-hydrogen) atoms. The summed E-state index contributed by atoms with van der Waals surface area (Å²) in [5, 5.41) is 4.85. The number of nitrogens with zero attached hydrogens (tertiary/aromatic N) is 1. The number of hydroxylamine groups is 2. The van der Waals surface area contributed by atoms with E-state index in [-0.39, 0.29) is 5.91 Å². The summed E-state index contributed by atoms with van der Waals surface area (Å²) in [4.78, 5) is 17.7. The Hall–Kier alpha value is -1.55. The molecule has 1 fully saturated rings. The lowest BCUT2D eigenvalue weighted by atomic mass is 10.0. The summed E-state index contributed by atoms with van der Waals surface area (Å²) in [5.41, 5.74) is 3.14. The lowest BCUT2D eigenvalue weighted by Gasteiger charge is -2.26.